The topological polar surface area (TPSA) is 113 Å². The average Bonchev–Trinajstić information content (AvgIpc) is 2.97. The Hall–Kier alpha value is -1.76. The minimum absolute atomic E-state index is 0.266. The van der Waals surface area contributed by atoms with E-state index in [0.29, 0.717) is 0 Å². The summed E-state index contributed by atoms with van der Waals surface area (Å²) in [4.78, 5) is 22.8. The molecule has 3 N–H and O–H groups in total. The van der Waals surface area contributed by atoms with Crippen molar-refractivity contribution < 1.29 is 34.4 Å². The molecule has 1 aliphatic heterocycles. The molecular formula is C22H38O7. The highest BCUT2D eigenvalue weighted by molar-refractivity contribution is 5.89. The van der Waals surface area contributed by atoms with Crippen molar-refractivity contribution >= 4 is 11.9 Å². The van der Waals surface area contributed by atoms with Crippen molar-refractivity contribution in [2.45, 2.75) is 109 Å². The van der Waals surface area contributed by atoms with Crippen molar-refractivity contribution in [2.24, 2.45) is 0 Å². The van der Waals surface area contributed by atoms with E-state index in [0.717, 1.165) is 19.3 Å². The molecule has 0 amide bonds. The fraction of sp³-hybridized carbons (Fsp3) is 0.818. The summed E-state index contributed by atoms with van der Waals surface area (Å²) >= 11 is 0. The Kier molecular flexibility index (Phi) is 13.2. The van der Waals surface area contributed by atoms with E-state index in [-0.39, 0.29) is 6.42 Å². The third-order valence-electron chi connectivity index (χ3n) is 5.19. The highest BCUT2D eigenvalue weighted by Crippen LogP contribution is 2.21. The molecule has 0 spiro atoms. The maximum Gasteiger partial charge on any atom is 0.377 e. The van der Waals surface area contributed by atoms with Crippen molar-refractivity contribution in [3.8, 4) is 0 Å². The minimum atomic E-state index is -1.42. The predicted molar refractivity (Wildman–Crippen MR) is 109 cm³/mol. The lowest BCUT2D eigenvalue weighted by Crippen LogP contribution is -2.33. The van der Waals surface area contributed by atoms with E-state index in [4.69, 9.17) is 4.74 Å². The van der Waals surface area contributed by atoms with Gasteiger partial charge in [-0.1, -0.05) is 84.0 Å². The van der Waals surface area contributed by atoms with Crippen LogP contribution in [0.4, 0.5) is 0 Å². The normalized spacial score (nSPS) is 17.4. The number of aliphatic hydroxyl groups is 3. The molecule has 29 heavy (non-hydrogen) atoms. The number of carbonyl (C=O) groups is 2. The molecule has 0 aromatic heterocycles. The molecule has 7 nitrogen and oxygen atoms in total. The molecule has 0 saturated carbocycles. The minimum Gasteiger partial charge on any atom is -0.505 e. The zero-order valence-corrected chi connectivity index (χ0v) is 17.7. The van der Waals surface area contributed by atoms with Crippen LogP contribution in [0.5, 0.6) is 0 Å². The summed E-state index contributed by atoms with van der Waals surface area (Å²) in [5, 5.41) is 28.5. The first-order chi connectivity index (χ1) is 14.0. The second kappa shape index (κ2) is 15.1. The smallest absolute Gasteiger partial charge is 0.377 e. The van der Waals surface area contributed by atoms with Crippen LogP contribution in [0, 0.1) is 0 Å². The number of hydrogen-bond donors (Lipinski definition) is 3. The van der Waals surface area contributed by atoms with Crippen molar-refractivity contribution in [1.29, 1.82) is 0 Å². The van der Waals surface area contributed by atoms with Crippen LogP contribution in [0.15, 0.2) is 11.5 Å². The number of rotatable bonds is 17. The standard InChI is InChI=1S/C22H38O7/c1-2-3-4-5-6-7-8-9-10-11-12-13-14-15-18(24)28-16-17(23)21-19(25)20(26)22(27)29-21/h17,21,23,25-26H,2-16H2,1H3/t17-,21?/m1/s1. The molecule has 1 unspecified atom stereocenters. The predicted octanol–water partition coefficient (Wildman–Crippen LogP) is 4.62. The third-order valence-corrected chi connectivity index (χ3v) is 5.19. The van der Waals surface area contributed by atoms with E-state index in [1.54, 1.807) is 0 Å². The molecule has 0 aromatic carbocycles. The molecule has 0 aliphatic carbocycles. The zero-order chi connectivity index (χ0) is 21.5. The zero-order valence-electron chi connectivity index (χ0n) is 17.7. The molecule has 0 bridgehead atoms. The van der Waals surface area contributed by atoms with Gasteiger partial charge in [0.15, 0.2) is 11.9 Å². The van der Waals surface area contributed by atoms with Gasteiger partial charge in [-0.25, -0.2) is 4.79 Å². The van der Waals surface area contributed by atoms with Gasteiger partial charge in [0, 0.05) is 6.42 Å². The highest BCUT2D eigenvalue weighted by atomic mass is 16.6. The van der Waals surface area contributed by atoms with Gasteiger partial charge in [-0.15, -0.1) is 0 Å². The van der Waals surface area contributed by atoms with Crippen LogP contribution in [0.2, 0.25) is 0 Å². The summed E-state index contributed by atoms with van der Waals surface area (Å²) in [5.74, 6) is -3.21. The lowest BCUT2D eigenvalue weighted by molar-refractivity contribution is -0.154. The second-order valence-electron chi connectivity index (χ2n) is 7.80. The largest absolute Gasteiger partial charge is 0.505 e. The van der Waals surface area contributed by atoms with Gasteiger partial charge in [-0.2, -0.15) is 0 Å². The maximum atomic E-state index is 11.7. The summed E-state index contributed by atoms with van der Waals surface area (Å²) in [7, 11) is 0. The van der Waals surface area contributed by atoms with Crippen LogP contribution in [-0.2, 0) is 19.1 Å². The van der Waals surface area contributed by atoms with Gasteiger partial charge in [0.05, 0.1) is 0 Å². The number of cyclic esters (lactones) is 1. The molecule has 7 heteroatoms. The molecule has 168 valence electrons. The van der Waals surface area contributed by atoms with Gasteiger partial charge >= 0.3 is 11.9 Å². The maximum absolute atomic E-state index is 11.7. The number of esters is 2. The van der Waals surface area contributed by atoms with E-state index in [2.05, 4.69) is 11.7 Å². The fourth-order valence-corrected chi connectivity index (χ4v) is 3.35. The molecular weight excluding hydrogens is 376 g/mol. The Balaban J connectivity index is 1.93. The number of carbonyl (C=O) groups excluding carboxylic acids is 2. The Morgan fingerprint density at radius 1 is 0.931 bits per heavy atom. The highest BCUT2D eigenvalue weighted by Gasteiger charge is 2.39. The molecule has 1 aliphatic rings. The summed E-state index contributed by atoms with van der Waals surface area (Å²) in [6, 6.07) is 0. The average molecular weight is 415 g/mol. The first-order valence-electron chi connectivity index (χ1n) is 11.1. The van der Waals surface area contributed by atoms with Crippen LogP contribution in [0.3, 0.4) is 0 Å². The van der Waals surface area contributed by atoms with Crippen LogP contribution in [0.1, 0.15) is 96.8 Å². The molecule has 2 atom stereocenters. The Morgan fingerprint density at radius 3 is 1.86 bits per heavy atom. The number of hydrogen-bond acceptors (Lipinski definition) is 7. The fourth-order valence-electron chi connectivity index (χ4n) is 3.35. The number of ether oxygens (including phenoxy) is 2. The van der Waals surface area contributed by atoms with E-state index < -0.39 is 42.3 Å². The molecule has 1 heterocycles. The van der Waals surface area contributed by atoms with Crippen LogP contribution in [-0.4, -0.2) is 46.1 Å². The summed E-state index contributed by atoms with van der Waals surface area (Å²) in [6.07, 6.45) is 13.4. The van der Waals surface area contributed by atoms with E-state index in [1.165, 1.54) is 64.2 Å². The summed E-state index contributed by atoms with van der Waals surface area (Å²) < 4.78 is 9.55. The third kappa shape index (κ3) is 10.5. The van der Waals surface area contributed by atoms with Crippen LogP contribution in [0.25, 0.3) is 0 Å². The first-order valence-corrected chi connectivity index (χ1v) is 11.1. The Bertz CT molecular complexity index is 515. The molecule has 0 radical (unpaired) electrons. The Morgan fingerprint density at radius 2 is 1.41 bits per heavy atom. The van der Waals surface area contributed by atoms with Gasteiger partial charge in [-0.05, 0) is 6.42 Å². The van der Waals surface area contributed by atoms with Crippen LogP contribution < -0.4 is 0 Å². The van der Waals surface area contributed by atoms with Crippen molar-refractivity contribution in [1.82, 2.24) is 0 Å². The van der Waals surface area contributed by atoms with Gasteiger partial charge in [-0.3, -0.25) is 4.79 Å². The van der Waals surface area contributed by atoms with Gasteiger partial charge in [0.2, 0.25) is 5.76 Å². The number of aliphatic hydroxyl groups excluding tert-OH is 3. The second-order valence-corrected chi connectivity index (χ2v) is 7.80. The molecule has 1 rings (SSSR count). The van der Waals surface area contributed by atoms with Gasteiger partial charge in [0.1, 0.15) is 12.7 Å². The lowest BCUT2D eigenvalue weighted by Gasteiger charge is -2.17. The van der Waals surface area contributed by atoms with Crippen LogP contribution >= 0.6 is 0 Å². The summed E-state index contributed by atoms with van der Waals surface area (Å²) in [6.45, 7) is 1.83. The van der Waals surface area contributed by atoms with E-state index in [1.807, 2.05) is 0 Å². The Labute approximate surface area is 174 Å². The van der Waals surface area contributed by atoms with Crippen molar-refractivity contribution in [3.05, 3.63) is 11.5 Å². The van der Waals surface area contributed by atoms with Gasteiger partial charge in [0.25, 0.3) is 0 Å². The molecule has 0 aromatic rings. The SMILES string of the molecule is CCCCCCCCCCCCCCCC(=O)OC[C@@H](O)C1OC(=O)C(O)=C1O. The van der Waals surface area contributed by atoms with Gasteiger partial charge < -0.3 is 24.8 Å². The number of unbranched alkanes of at least 4 members (excludes halogenated alkanes) is 12. The molecule has 0 fully saturated rings. The molecule has 0 saturated heterocycles. The summed E-state index contributed by atoms with van der Waals surface area (Å²) in [5.41, 5.74) is 0. The quantitative estimate of drug-likeness (QED) is 0.235. The first kappa shape index (κ1) is 25.3. The monoisotopic (exact) mass is 414 g/mol. The van der Waals surface area contributed by atoms with Crippen molar-refractivity contribution in [2.75, 3.05) is 6.61 Å². The lowest BCUT2D eigenvalue weighted by atomic mass is 10.0. The van der Waals surface area contributed by atoms with E-state index >= 15 is 0 Å². The van der Waals surface area contributed by atoms with Crippen molar-refractivity contribution in [3.63, 3.8) is 0 Å². The van der Waals surface area contributed by atoms with E-state index in [9.17, 15) is 24.9 Å².